The molecular weight excluding hydrogens is 152 g/mol. The molecule has 1 N–H and O–H groups in total. The lowest BCUT2D eigenvalue weighted by molar-refractivity contribution is -0.133. The average molecular weight is 168 g/mol. The van der Waals surface area contributed by atoms with Gasteiger partial charge in [-0.05, 0) is 31.6 Å². The topological polar surface area (TPSA) is 37.3 Å². The van der Waals surface area contributed by atoms with Crippen molar-refractivity contribution in [3.63, 3.8) is 0 Å². The summed E-state index contributed by atoms with van der Waals surface area (Å²) in [6.07, 6.45) is 5.70. The molecule has 2 aliphatic carbocycles. The van der Waals surface area contributed by atoms with Crippen LogP contribution in [-0.4, -0.2) is 17.0 Å². The molecule has 0 bridgehead atoms. The average Bonchev–Trinajstić information content (AvgIpc) is 2.04. The summed E-state index contributed by atoms with van der Waals surface area (Å²) in [6.45, 7) is 0. The van der Waals surface area contributed by atoms with Crippen LogP contribution in [0.25, 0.3) is 0 Å². The first-order chi connectivity index (χ1) is 5.79. The zero-order valence-electron chi connectivity index (χ0n) is 7.33. The fourth-order valence-corrected chi connectivity index (χ4v) is 2.77. The molecule has 68 valence electrons. The van der Waals surface area contributed by atoms with E-state index >= 15 is 0 Å². The summed E-state index contributed by atoms with van der Waals surface area (Å²) in [6, 6.07) is 0. The fraction of sp³-hybridized carbons (Fsp3) is 0.900. The molecule has 0 heterocycles. The van der Waals surface area contributed by atoms with Crippen LogP contribution in [0.2, 0.25) is 0 Å². The van der Waals surface area contributed by atoms with Crippen molar-refractivity contribution in [3.8, 4) is 0 Å². The van der Waals surface area contributed by atoms with Crippen LogP contribution in [-0.2, 0) is 4.79 Å². The highest BCUT2D eigenvalue weighted by Gasteiger charge is 2.38. The molecule has 0 unspecified atom stereocenters. The molecule has 3 atom stereocenters. The molecule has 2 rings (SSSR count). The molecule has 0 aromatic heterocycles. The second kappa shape index (κ2) is 3.17. The molecule has 0 aromatic carbocycles. The van der Waals surface area contributed by atoms with Gasteiger partial charge in [-0.1, -0.05) is 6.42 Å². The Morgan fingerprint density at radius 3 is 2.67 bits per heavy atom. The Labute approximate surface area is 73.0 Å². The van der Waals surface area contributed by atoms with Crippen LogP contribution in [0.15, 0.2) is 0 Å². The van der Waals surface area contributed by atoms with Gasteiger partial charge in [0.1, 0.15) is 5.78 Å². The highest BCUT2D eigenvalue weighted by Crippen LogP contribution is 2.38. The molecule has 0 aromatic rings. The van der Waals surface area contributed by atoms with Gasteiger partial charge in [0.15, 0.2) is 0 Å². The largest absolute Gasteiger partial charge is 0.392 e. The number of hydrogen-bond acceptors (Lipinski definition) is 2. The predicted octanol–water partition coefficient (Wildman–Crippen LogP) is 1.52. The van der Waals surface area contributed by atoms with Gasteiger partial charge in [-0.3, -0.25) is 4.79 Å². The number of carbonyl (C=O) groups is 1. The zero-order valence-corrected chi connectivity index (χ0v) is 7.33. The third-order valence-corrected chi connectivity index (χ3v) is 3.37. The van der Waals surface area contributed by atoms with Gasteiger partial charge in [0.05, 0.1) is 6.10 Å². The summed E-state index contributed by atoms with van der Waals surface area (Å²) in [7, 11) is 0. The van der Waals surface area contributed by atoms with E-state index in [4.69, 9.17) is 0 Å². The molecule has 2 aliphatic rings. The van der Waals surface area contributed by atoms with Gasteiger partial charge in [-0.2, -0.15) is 0 Å². The Bertz CT molecular complexity index is 186. The normalized spacial score (nSPS) is 42.4. The lowest BCUT2D eigenvalue weighted by Crippen LogP contribution is -2.40. The second-order valence-corrected chi connectivity index (χ2v) is 4.14. The monoisotopic (exact) mass is 168 g/mol. The summed E-state index contributed by atoms with van der Waals surface area (Å²) in [5.41, 5.74) is 0. The van der Waals surface area contributed by atoms with Crippen LogP contribution in [0.5, 0.6) is 0 Å². The van der Waals surface area contributed by atoms with E-state index in [1.807, 2.05) is 0 Å². The van der Waals surface area contributed by atoms with E-state index in [1.165, 1.54) is 0 Å². The van der Waals surface area contributed by atoms with Gasteiger partial charge in [0.25, 0.3) is 0 Å². The van der Waals surface area contributed by atoms with E-state index in [0.717, 1.165) is 32.1 Å². The van der Waals surface area contributed by atoms with E-state index in [2.05, 4.69) is 0 Å². The van der Waals surface area contributed by atoms with Gasteiger partial charge < -0.3 is 5.11 Å². The van der Waals surface area contributed by atoms with Crippen LogP contribution in [0, 0.1) is 11.8 Å². The highest BCUT2D eigenvalue weighted by molar-refractivity contribution is 5.82. The minimum absolute atomic E-state index is 0.00694. The van der Waals surface area contributed by atoms with Crippen LogP contribution >= 0.6 is 0 Å². The van der Waals surface area contributed by atoms with Crippen molar-refractivity contribution in [2.75, 3.05) is 0 Å². The minimum Gasteiger partial charge on any atom is -0.392 e. The van der Waals surface area contributed by atoms with Crippen molar-refractivity contribution in [2.45, 2.75) is 44.6 Å². The lowest BCUT2D eigenvalue weighted by atomic mass is 9.69. The maximum atomic E-state index is 11.5. The van der Waals surface area contributed by atoms with E-state index in [9.17, 15) is 9.90 Å². The molecule has 2 nitrogen and oxygen atoms in total. The van der Waals surface area contributed by atoms with Crippen LogP contribution in [0.4, 0.5) is 0 Å². The van der Waals surface area contributed by atoms with Crippen molar-refractivity contribution in [1.82, 2.24) is 0 Å². The summed E-state index contributed by atoms with van der Waals surface area (Å²) in [5, 5.41) is 9.65. The maximum absolute atomic E-state index is 11.5. The van der Waals surface area contributed by atoms with Crippen LogP contribution in [0.1, 0.15) is 38.5 Å². The molecule has 2 saturated carbocycles. The fourth-order valence-electron chi connectivity index (χ4n) is 2.77. The van der Waals surface area contributed by atoms with Crippen molar-refractivity contribution >= 4 is 5.78 Å². The molecule has 2 heteroatoms. The van der Waals surface area contributed by atoms with E-state index in [0.29, 0.717) is 18.1 Å². The van der Waals surface area contributed by atoms with Crippen molar-refractivity contribution < 1.29 is 9.90 Å². The number of Topliss-reactive ketones (excluding diaryl/α,β-unsaturated/α-hetero) is 1. The lowest BCUT2D eigenvalue weighted by Gasteiger charge is -2.37. The number of hydrogen-bond donors (Lipinski definition) is 1. The summed E-state index contributed by atoms with van der Waals surface area (Å²) in [5.74, 6) is 0.834. The van der Waals surface area contributed by atoms with Crippen molar-refractivity contribution in [1.29, 1.82) is 0 Å². The summed E-state index contributed by atoms with van der Waals surface area (Å²) in [4.78, 5) is 11.5. The third-order valence-electron chi connectivity index (χ3n) is 3.37. The molecule has 2 fully saturated rings. The molecule has 0 spiro atoms. The van der Waals surface area contributed by atoms with Gasteiger partial charge in [-0.25, -0.2) is 0 Å². The van der Waals surface area contributed by atoms with E-state index in [1.54, 1.807) is 0 Å². The van der Waals surface area contributed by atoms with Crippen LogP contribution in [0.3, 0.4) is 0 Å². The maximum Gasteiger partial charge on any atom is 0.138 e. The smallest absolute Gasteiger partial charge is 0.138 e. The highest BCUT2D eigenvalue weighted by atomic mass is 16.3. The van der Waals surface area contributed by atoms with Crippen LogP contribution < -0.4 is 0 Å². The zero-order chi connectivity index (χ0) is 8.55. The molecule has 0 aliphatic heterocycles. The Morgan fingerprint density at radius 1 is 1.17 bits per heavy atom. The third kappa shape index (κ3) is 1.28. The van der Waals surface area contributed by atoms with Crippen molar-refractivity contribution in [2.24, 2.45) is 11.8 Å². The van der Waals surface area contributed by atoms with Gasteiger partial charge in [0.2, 0.25) is 0 Å². The molecular formula is C10H16O2. The number of carbonyl (C=O) groups excluding carboxylic acids is 1. The van der Waals surface area contributed by atoms with E-state index < -0.39 is 0 Å². The number of aliphatic hydroxyl groups is 1. The van der Waals surface area contributed by atoms with Crippen molar-refractivity contribution in [3.05, 3.63) is 0 Å². The molecule has 0 amide bonds. The molecule has 0 radical (unpaired) electrons. The second-order valence-electron chi connectivity index (χ2n) is 4.14. The standard InChI is InChI=1S/C10H16O2/c11-8-5-1-3-7-4-2-6-9(12)10(7)8/h7-8,10-11H,1-6H2/t7-,8-,10-/m1/s1. The first-order valence-electron chi connectivity index (χ1n) is 5.00. The Morgan fingerprint density at radius 2 is 1.92 bits per heavy atom. The SMILES string of the molecule is O=C1CCC[C@H]2CCC[C@@H](O)[C@H]12. The quantitative estimate of drug-likeness (QED) is 0.595. The summed E-state index contributed by atoms with van der Waals surface area (Å²) >= 11 is 0. The van der Waals surface area contributed by atoms with E-state index in [-0.39, 0.29) is 12.0 Å². The minimum atomic E-state index is -0.323. The number of rotatable bonds is 0. The summed E-state index contributed by atoms with van der Waals surface area (Å²) < 4.78 is 0. The molecule has 0 saturated heterocycles. The Kier molecular flexibility index (Phi) is 2.18. The molecule has 12 heavy (non-hydrogen) atoms. The Balaban J connectivity index is 2.12. The van der Waals surface area contributed by atoms with Gasteiger partial charge in [-0.15, -0.1) is 0 Å². The predicted molar refractivity (Wildman–Crippen MR) is 45.7 cm³/mol. The Hall–Kier alpha value is -0.370. The first kappa shape index (κ1) is 8.24. The van der Waals surface area contributed by atoms with Gasteiger partial charge >= 0.3 is 0 Å². The van der Waals surface area contributed by atoms with Gasteiger partial charge in [0, 0.05) is 12.3 Å². The number of aliphatic hydroxyl groups excluding tert-OH is 1. The number of ketones is 1. The first-order valence-corrected chi connectivity index (χ1v) is 5.00. The number of fused-ring (bicyclic) bond motifs is 1.